The van der Waals surface area contributed by atoms with Gasteiger partial charge in [0.25, 0.3) is 10.0 Å². The molecule has 0 aromatic heterocycles. The molecule has 3 rings (SSSR count). The standard InChI is InChI=1S/C21H26N2O5S/c1-6-14-7-9-18(27-5)19(11-14)29(25,26)22-15-8-10-17-16(12-15)23(4)20(24)21(2,3)13-28-17/h7-12,22H,6,13H2,1-5H3. The molecule has 29 heavy (non-hydrogen) atoms. The molecule has 0 saturated heterocycles. The average Bonchev–Trinajstić information content (AvgIpc) is 2.78. The summed E-state index contributed by atoms with van der Waals surface area (Å²) in [6, 6.07) is 9.96. The minimum Gasteiger partial charge on any atom is -0.495 e. The van der Waals surface area contributed by atoms with Crippen LogP contribution in [0.5, 0.6) is 11.5 Å². The predicted molar refractivity (Wildman–Crippen MR) is 112 cm³/mol. The SMILES string of the molecule is CCc1ccc(OC)c(S(=O)(=O)Nc2ccc3c(c2)N(C)C(=O)C(C)(C)CO3)c1. The number of carbonyl (C=O) groups is 1. The first-order chi connectivity index (χ1) is 13.6. The van der Waals surface area contributed by atoms with Crippen LogP contribution in [0.2, 0.25) is 0 Å². The number of sulfonamides is 1. The summed E-state index contributed by atoms with van der Waals surface area (Å²) in [6.07, 6.45) is 0.700. The van der Waals surface area contributed by atoms with Crippen LogP contribution in [-0.2, 0) is 21.2 Å². The minimum atomic E-state index is -3.90. The molecule has 0 atom stereocenters. The Kier molecular flexibility index (Phi) is 5.49. The molecule has 0 aliphatic carbocycles. The Morgan fingerprint density at radius 2 is 1.93 bits per heavy atom. The Bertz CT molecular complexity index is 1050. The molecule has 1 amide bonds. The number of rotatable bonds is 5. The van der Waals surface area contributed by atoms with E-state index in [2.05, 4.69) is 4.72 Å². The van der Waals surface area contributed by atoms with E-state index in [0.717, 1.165) is 5.56 Å². The summed E-state index contributed by atoms with van der Waals surface area (Å²) >= 11 is 0. The molecule has 2 aromatic carbocycles. The highest BCUT2D eigenvalue weighted by Crippen LogP contribution is 2.38. The molecule has 0 bridgehead atoms. The molecule has 8 heteroatoms. The van der Waals surface area contributed by atoms with Crippen LogP contribution in [0.15, 0.2) is 41.3 Å². The van der Waals surface area contributed by atoms with Crippen LogP contribution in [0.3, 0.4) is 0 Å². The zero-order valence-electron chi connectivity index (χ0n) is 17.3. The smallest absolute Gasteiger partial charge is 0.265 e. The number of benzene rings is 2. The quantitative estimate of drug-likeness (QED) is 0.804. The number of nitrogens with zero attached hydrogens (tertiary/aromatic N) is 1. The largest absolute Gasteiger partial charge is 0.495 e. The summed E-state index contributed by atoms with van der Waals surface area (Å²) in [4.78, 5) is 14.3. The van der Waals surface area contributed by atoms with E-state index in [-0.39, 0.29) is 23.2 Å². The number of ether oxygens (including phenoxy) is 2. The van der Waals surface area contributed by atoms with Gasteiger partial charge in [-0.25, -0.2) is 8.42 Å². The maximum Gasteiger partial charge on any atom is 0.265 e. The number of fused-ring (bicyclic) bond motifs is 1. The number of anilines is 2. The van der Waals surface area contributed by atoms with Crippen LogP contribution >= 0.6 is 0 Å². The van der Waals surface area contributed by atoms with Gasteiger partial charge in [-0.2, -0.15) is 0 Å². The van der Waals surface area contributed by atoms with Crippen molar-refractivity contribution in [2.45, 2.75) is 32.1 Å². The number of carbonyl (C=O) groups excluding carboxylic acids is 1. The van der Waals surface area contributed by atoms with Gasteiger partial charge in [-0.05, 0) is 56.2 Å². The average molecular weight is 419 g/mol. The maximum absolute atomic E-state index is 13.0. The Labute approximate surface area is 171 Å². The van der Waals surface area contributed by atoms with Crippen LogP contribution in [0.1, 0.15) is 26.3 Å². The van der Waals surface area contributed by atoms with E-state index in [1.807, 2.05) is 26.8 Å². The molecule has 7 nitrogen and oxygen atoms in total. The zero-order valence-corrected chi connectivity index (χ0v) is 18.1. The lowest BCUT2D eigenvalue weighted by Crippen LogP contribution is -2.39. The van der Waals surface area contributed by atoms with E-state index in [0.29, 0.717) is 23.5 Å². The Morgan fingerprint density at radius 3 is 2.59 bits per heavy atom. The molecule has 0 radical (unpaired) electrons. The molecule has 1 aliphatic rings. The first-order valence-corrected chi connectivity index (χ1v) is 10.8. The summed E-state index contributed by atoms with van der Waals surface area (Å²) in [5.41, 5.74) is 1.04. The number of hydrogen-bond donors (Lipinski definition) is 1. The lowest BCUT2D eigenvalue weighted by atomic mass is 9.93. The van der Waals surface area contributed by atoms with E-state index in [4.69, 9.17) is 9.47 Å². The van der Waals surface area contributed by atoms with Crippen LogP contribution < -0.4 is 19.1 Å². The molecular weight excluding hydrogens is 392 g/mol. The van der Waals surface area contributed by atoms with Crippen molar-refractivity contribution in [3.8, 4) is 11.5 Å². The predicted octanol–water partition coefficient (Wildman–Crippen LogP) is 3.44. The van der Waals surface area contributed by atoms with Crippen LogP contribution in [0.4, 0.5) is 11.4 Å². The fourth-order valence-corrected chi connectivity index (χ4v) is 4.48. The Morgan fingerprint density at radius 1 is 1.21 bits per heavy atom. The van der Waals surface area contributed by atoms with Gasteiger partial charge in [-0.15, -0.1) is 0 Å². The number of aryl methyl sites for hydroxylation is 1. The second kappa shape index (κ2) is 7.59. The first kappa shape index (κ1) is 21.0. The molecule has 2 aromatic rings. The lowest BCUT2D eigenvalue weighted by Gasteiger charge is -2.24. The molecule has 0 unspecified atom stereocenters. The molecule has 0 saturated carbocycles. The molecule has 156 valence electrons. The normalized spacial score (nSPS) is 15.9. The van der Waals surface area contributed by atoms with Crippen molar-refractivity contribution < 1.29 is 22.7 Å². The van der Waals surface area contributed by atoms with Crippen LogP contribution in [-0.4, -0.2) is 35.1 Å². The van der Waals surface area contributed by atoms with Crippen molar-refractivity contribution in [2.24, 2.45) is 5.41 Å². The fourth-order valence-electron chi connectivity index (χ4n) is 3.21. The maximum atomic E-state index is 13.0. The van der Waals surface area contributed by atoms with Crippen LogP contribution in [0.25, 0.3) is 0 Å². The second-order valence-electron chi connectivity index (χ2n) is 7.66. The molecular formula is C21H26N2O5S. The van der Waals surface area contributed by atoms with Crippen molar-refractivity contribution in [1.29, 1.82) is 0 Å². The molecule has 1 heterocycles. The third-order valence-corrected chi connectivity index (χ3v) is 6.37. The highest BCUT2D eigenvalue weighted by molar-refractivity contribution is 7.92. The van der Waals surface area contributed by atoms with Gasteiger partial charge in [-0.3, -0.25) is 9.52 Å². The zero-order chi connectivity index (χ0) is 21.4. The minimum absolute atomic E-state index is 0.0658. The number of amides is 1. The van der Waals surface area contributed by atoms with Crippen molar-refractivity contribution in [3.63, 3.8) is 0 Å². The topological polar surface area (TPSA) is 84.9 Å². The van der Waals surface area contributed by atoms with E-state index in [9.17, 15) is 13.2 Å². The van der Waals surface area contributed by atoms with Crippen molar-refractivity contribution in [2.75, 3.05) is 30.4 Å². The number of methoxy groups -OCH3 is 1. The third-order valence-electron chi connectivity index (χ3n) is 4.97. The summed E-state index contributed by atoms with van der Waals surface area (Å²) in [5, 5.41) is 0. The summed E-state index contributed by atoms with van der Waals surface area (Å²) < 4.78 is 39.7. The van der Waals surface area contributed by atoms with Gasteiger partial charge in [-0.1, -0.05) is 13.0 Å². The summed E-state index contributed by atoms with van der Waals surface area (Å²) in [5.74, 6) is 0.690. The number of nitrogens with one attached hydrogen (secondary N) is 1. The highest BCUT2D eigenvalue weighted by atomic mass is 32.2. The molecule has 1 N–H and O–H groups in total. The summed E-state index contributed by atoms with van der Waals surface area (Å²) in [7, 11) is -0.808. The lowest BCUT2D eigenvalue weighted by molar-refractivity contribution is -0.127. The van der Waals surface area contributed by atoms with Crippen LogP contribution in [0, 0.1) is 5.41 Å². The van der Waals surface area contributed by atoms with E-state index < -0.39 is 15.4 Å². The van der Waals surface area contributed by atoms with Crippen molar-refractivity contribution in [3.05, 3.63) is 42.0 Å². The number of hydrogen-bond acceptors (Lipinski definition) is 5. The highest BCUT2D eigenvalue weighted by Gasteiger charge is 2.36. The molecule has 0 fully saturated rings. The fraction of sp³-hybridized carbons (Fsp3) is 0.381. The molecule has 1 aliphatic heterocycles. The van der Waals surface area contributed by atoms with Gasteiger partial charge in [0.05, 0.1) is 23.9 Å². The van der Waals surface area contributed by atoms with Crippen molar-refractivity contribution >= 4 is 27.3 Å². The van der Waals surface area contributed by atoms with E-state index in [1.165, 1.54) is 12.0 Å². The summed E-state index contributed by atoms with van der Waals surface area (Å²) in [6.45, 7) is 5.82. The third kappa shape index (κ3) is 4.03. The Balaban J connectivity index is 1.98. The first-order valence-electron chi connectivity index (χ1n) is 9.34. The second-order valence-corrected chi connectivity index (χ2v) is 9.31. The van der Waals surface area contributed by atoms with Gasteiger partial charge in [0.2, 0.25) is 5.91 Å². The van der Waals surface area contributed by atoms with Crippen molar-refractivity contribution in [1.82, 2.24) is 0 Å². The van der Waals surface area contributed by atoms with E-state index in [1.54, 1.807) is 37.4 Å². The van der Waals surface area contributed by atoms with Gasteiger partial charge >= 0.3 is 0 Å². The van der Waals surface area contributed by atoms with E-state index >= 15 is 0 Å². The van der Waals surface area contributed by atoms with Gasteiger partial charge < -0.3 is 14.4 Å². The monoisotopic (exact) mass is 418 g/mol. The Hall–Kier alpha value is -2.74. The molecule has 0 spiro atoms. The van der Waals surface area contributed by atoms with Gasteiger partial charge in [0.1, 0.15) is 23.0 Å². The van der Waals surface area contributed by atoms with Gasteiger partial charge in [0.15, 0.2) is 0 Å². The van der Waals surface area contributed by atoms with Gasteiger partial charge in [0, 0.05) is 7.05 Å².